The Kier molecular flexibility index (Phi) is 1.69. The maximum absolute atomic E-state index is 10.3. The molecule has 0 spiro atoms. The zero-order valence-corrected chi connectivity index (χ0v) is 6.75. The molecule has 0 amide bonds. The fourth-order valence-electron chi connectivity index (χ4n) is 2.73. The van der Waals surface area contributed by atoms with Crippen LogP contribution in [0.25, 0.3) is 0 Å². The van der Waals surface area contributed by atoms with Crippen molar-refractivity contribution in [1.82, 2.24) is 0 Å². The zero-order valence-electron chi connectivity index (χ0n) is 6.75. The van der Waals surface area contributed by atoms with Gasteiger partial charge in [-0.05, 0) is 37.0 Å². The minimum absolute atomic E-state index is 0.311. The molecule has 2 saturated carbocycles. The second-order valence-corrected chi connectivity index (χ2v) is 4.18. The minimum atomic E-state index is -0.571. The molecular weight excluding hydrogens is 140 g/mol. The average Bonchev–Trinajstić information content (AvgIpc) is 2.53. The molecule has 0 aromatic carbocycles. The first-order valence-electron chi connectivity index (χ1n) is 4.53. The Morgan fingerprint density at radius 2 is 2.45 bits per heavy atom. The molecule has 3 atom stereocenters. The lowest BCUT2D eigenvalue weighted by molar-refractivity contribution is 0.0354. The number of aliphatic hydroxyl groups is 1. The summed E-state index contributed by atoms with van der Waals surface area (Å²) in [6.07, 6.45) is 5.40. The standard InChI is InChI=1S/C9H15O2/c10-6-8(11)5-9-3-1-2-7(9)4-9/h7-8,11H,1-6H2. The summed E-state index contributed by atoms with van der Waals surface area (Å²) in [6.45, 7) is -0.311. The van der Waals surface area contributed by atoms with Crippen molar-refractivity contribution in [3.63, 3.8) is 0 Å². The second kappa shape index (κ2) is 2.46. The van der Waals surface area contributed by atoms with Crippen LogP contribution in [0.3, 0.4) is 0 Å². The summed E-state index contributed by atoms with van der Waals surface area (Å²) in [4.78, 5) is 0. The van der Waals surface area contributed by atoms with Gasteiger partial charge >= 0.3 is 0 Å². The minimum Gasteiger partial charge on any atom is -0.391 e. The lowest BCUT2D eigenvalue weighted by atomic mass is 9.96. The molecule has 2 heteroatoms. The Bertz CT molecular complexity index is 158. The van der Waals surface area contributed by atoms with Gasteiger partial charge in [0.05, 0.1) is 6.10 Å². The normalized spacial score (nSPS) is 43.6. The van der Waals surface area contributed by atoms with Crippen LogP contribution < -0.4 is 0 Å². The molecular formula is C9H15O2. The van der Waals surface area contributed by atoms with Gasteiger partial charge in [0, 0.05) is 0 Å². The van der Waals surface area contributed by atoms with Gasteiger partial charge in [-0.3, -0.25) is 0 Å². The monoisotopic (exact) mass is 155 g/mol. The first kappa shape index (κ1) is 7.56. The topological polar surface area (TPSA) is 40.1 Å². The average molecular weight is 155 g/mol. The van der Waals surface area contributed by atoms with Crippen LogP contribution in [-0.2, 0) is 5.11 Å². The van der Waals surface area contributed by atoms with Gasteiger partial charge < -0.3 is 5.11 Å². The Balaban J connectivity index is 1.87. The first-order chi connectivity index (χ1) is 5.27. The van der Waals surface area contributed by atoms with Crippen LogP contribution in [0.2, 0.25) is 0 Å². The predicted molar refractivity (Wildman–Crippen MR) is 40.6 cm³/mol. The fraction of sp³-hybridized carbons (Fsp3) is 1.00. The molecule has 3 unspecified atom stereocenters. The van der Waals surface area contributed by atoms with Crippen molar-refractivity contribution in [2.45, 2.75) is 38.2 Å². The molecule has 2 aliphatic rings. The summed E-state index contributed by atoms with van der Waals surface area (Å²) in [5.74, 6) is 0.865. The van der Waals surface area contributed by atoms with E-state index in [-0.39, 0.29) is 6.61 Å². The maximum atomic E-state index is 10.3. The maximum Gasteiger partial charge on any atom is 0.108 e. The van der Waals surface area contributed by atoms with Crippen molar-refractivity contribution < 1.29 is 10.2 Å². The molecule has 0 saturated heterocycles. The second-order valence-electron chi connectivity index (χ2n) is 4.18. The SMILES string of the molecule is [O]CC(O)CC12CCCC1C2. The third-order valence-electron chi connectivity index (χ3n) is 3.42. The molecule has 63 valence electrons. The Morgan fingerprint density at radius 3 is 2.91 bits per heavy atom. The third-order valence-corrected chi connectivity index (χ3v) is 3.42. The van der Waals surface area contributed by atoms with Crippen molar-refractivity contribution in [2.75, 3.05) is 6.61 Å². The Labute approximate surface area is 67.2 Å². The van der Waals surface area contributed by atoms with Crippen LogP contribution in [0.5, 0.6) is 0 Å². The van der Waals surface area contributed by atoms with E-state index >= 15 is 0 Å². The van der Waals surface area contributed by atoms with Crippen molar-refractivity contribution in [1.29, 1.82) is 0 Å². The van der Waals surface area contributed by atoms with Gasteiger partial charge in [-0.15, -0.1) is 0 Å². The fourth-order valence-corrected chi connectivity index (χ4v) is 2.73. The van der Waals surface area contributed by atoms with Crippen LogP contribution in [0.1, 0.15) is 32.1 Å². The number of hydrogen-bond acceptors (Lipinski definition) is 1. The van der Waals surface area contributed by atoms with Crippen LogP contribution in [0.15, 0.2) is 0 Å². The summed E-state index contributed by atoms with van der Waals surface area (Å²) in [5.41, 5.74) is 0.434. The van der Waals surface area contributed by atoms with Gasteiger partial charge in [0.25, 0.3) is 0 Å². The molecule has 1 radical (unpaired) electrons. The van der Waals surface area contributed by atoms with Gasteiger partial charge in [0.1, 0.15) is 6.61 Å². The molecule has 2 aliphatic carbocycles. The van der Waals surface area contributed by atoms with Crippen molar-refractivity contribution in [3.8, 4) is 0 Å². The Morgan fingerprint density at radius 1 is 1.64 bits per heavy atom. The highest BCUT2D eigenvalue weighted by Gasteiger charge is 2.56. The summed E-state index contributed by atoms with van der Waals surface area (Å²) in [5, 5.41) is 19.5. The molecule has 0 aliphatic heterocycles. The molecule has 11 heavy (non-hydrogen) atoms. The van der Waals surface area contributed by atoms with E-state index in [0.717, 1.165) is 12.3 Å². The predicted octanol–water partition coefficient (Wildman–Crippen LogP) is 1.36. The van der Waals surface area contributed by atoms with E-state index in [1.54, 1.807) is 0 Å². The third kappa shape index (κ3) is 1.18. The highest BCUT2D eigenvalue weighted by molar-refractivity contribution is 5.06. The van der Waals surface area contributed by atoms with Crippen LogP contribution in [0.4, 0.5) is 0 Å². The molecule has 2 fully saturated rings. The van der Waals surface area contributed by atoms with Crippen LogP contribution in [0, 0.1) is 11.3 Å². The lowest BCUT2D eigenvalue weighted by Gasteiger charge is -2.14. The molecule has 0 aromatic heterocycles. The quantitative estimate of drug-likeness (QED) is 0.656. The van der Waals surface area contributed by atoms with Gasteiger partial charge in [0.15, 0.2) is 0 Å². The number of fused-ring (bicyclic) bond motifs is 1. The van der Waals surface area contributed by atoms with E-state index in [1.807, 2.05) is 0 Å². The van der Waals surface area contributed by atoms with Crippen molar-refractivity contribution in [3.05, 3.63) is 0 Å². The van der Waals surface area contributed by atoms with E-state index in [1.165, 1.54) is 25.7 Å². The lowest BCUT2D eigenvalue weighted by Crippen LogP contribution is -2.17. The molecule has 2 rings (SSSR count). The number of aliphatic hydroxyl groups excluding tert-OH is 1. The highest BCUT2D eigenvalue weighted by Crippen LogP contribution is 2.65. The van der Waals surface area contributed by atoms with E-state index in [2.05, 4.69) is 0 Å². The number of rotatable bonds is 3. The molecule has 0 aromatic rings. The molecule has 2 nitrogen and oxygen atoms in total. The summed E-state index contributed by atoms with van der Waals surface area (Å²) < 4.78 is 0. The van der Waals surface area contributed by atoms with E-state index in [9.17, 15) is 10.2 Å². The van der Waals surface area contributed by atoms with Crippen molar-refractivity contribution >= 4 is 0 Å². The summed E-state index contributed by atoms with van der Waals surface area (Å²) >= 11 is 0. The molecule has 0 bridgehead atoms. The molecule has 1 N–H and O–H groups in total. The van der Waals surface area contributed by atoms with E-state index < -0.39 is 6.10 Å². The van der Waals surface area contributed by atoms with Crippen molar-refractivity contribution in [2.24, 2.45) is 11.3 Å². The van der Waals surface area contributed by atoms with Crippen LogP contribution in [-0.4, -0.2) is 17.8 Å². The van der Waals surface area contributed by atoms with Gasteiger partial charge in [-0.1, -0.05) is 6.42 Å². The summed E-state index contributed by atoms with van der Waals surface area (Å²) in [7, 11) is 0. The van der Waals surface area contributed by atoms with Gasteiger partial charge in [-0.25, -0.2) is 5.11 Å². The summed E-state index contributed by atoms with van der Waals surface area (Å²) in [6, 6.07) is 0. The highest BCUT2D eigenvalue weighted by atomic mass is 16.3. The van der Waals surface area contributed by atoms with E-state index in [0.29, 0.717) is 5.41 Å². The van der Waals surface area contributed by atoms with Gasteiger partial charge in [-0.2, -0.15) is 0 Å². The van der Waals surface area contributed by atoms with E-state index in [4.69, 9.17) is 0 Å². The Hall–Kier alpha value is -0.0800. The van der Waals surface area contributed by atoms with Gasteiger partial charge in [0.2, 0.25) is 0 Å². The smallest absolute Gasteiger partial charge is 0.108 e. The molecule has 0 heterocycles. The number of hydrogen-bond donors (Lipinski definition) is 1. The first-order valence-corrected chi connectivity index (χ1v) is 4.53. The van der Waals surface area contributed by atoms with Crippen LogP contribution >= 0.6 is 0 Å². The zero-order chi connectivity index (χ0) is 7.90. The largest absolute Gasteiger partial charge is 0.391 e.